The van der Waals surface area contributed by atoms with Crippen molar-refractivity contribution in [2.45, 2.75) is 0 Å². The molecule has 0 aliphatic heterocycles. The van der Waals surface area contributed by atoms with E-state index >= 15 is 0 Å². The zero-order valence-electron chi connectivity index (χ0n) is 12.7. The Hall–Kier alpha value is -2.99. The molecular weight excluding hydrogens is 326 g/mol. The van der Waals surface area contributed by atoms with Crippen LogP contribution in [0.15, 0.2) is 59.4 Å². The third-order valence-corrected chi connectivity index (χ3v) is 3.84. The smallest absolute Gasteiger partial charge is 0.258 e. The molecule has 0 amide bonds. The maximum Gasteiger partial charge on any atom is 0.258 e. The molecule has 4 aromatic rings. The SMILES string of the molecule is Cn1nccc1-c1cccc(-c2noc(-c3ccnc(Cl)c3)n2)c1. The number of hydrogen-bond acceptors (Lipinski definition) is 5. The normalized spacial score (nSPS) is 10.9. The summed E-state index contributed by atoms with van der Waals surface area (Å²) < 4.78 is 7.17. The lowest BCUT2D eigenvalue weighted by Crippen LogP contribution is -1.93. The lowest BCUT2D eigenvalue weighted by molar-refractivity contribution is 0.432. The van der Waals surface area contributed by atoms with Gasteiger partial charge in [-0.3, -0.25) is 4.68 Å². The largest absolute Gasteiger partial charge is 0.334 e. The molecule has 0 fully saturated rings. The van der Waals surface area contributed by atoms with E-state index in [2.05, 4.69) is 20.2 Å². The zero-order chi connectivity index (χ0) is 16.5. The first-order valence-corrected chi connectivity index (χ1v) is 7.63. The van der Waals surface area contributed by atoms with Crippen molar-refractivity contribution in [3.63, 3.8) is 0 Å². The molecule has 0 saturated carbocycles. The average molecular weight is 338 g/mol. The van der Waals surface area contributed by atoms with Crippen LogP contribution in [-0.4, -0.2) is 24.9 Å². The molecule has 1 aromatic carbocycles. The van der Waals surface area contributed by atoms with Crippen molar-refractivity contribution < 1.29 is 4.52 Å². The number of halogens is 1. The van der Waals surface area contributed by atoms with Crippen LogP contribution in [0.1, 0.15) is 0 Å². The second kappa shape index (κ2) is 5.90. The highest BCUT2D eigenvalue weighted by molar-refractivity contribution is 6.29. The second-order valence-corrected chi connectivity index (χ2v) is 5.60. The molecule has 0 N–H and O–H groups in total. The van der Waals surface area contributed by atoms with Gasteiger partial charge >= 0.3 is 0 Å². The van der Waals surface area contributed by atoms with E-state index in [0.29, 0.717) is 16.9 Å². The molecule has 24 heavy (non-hydrogen) atoms. The van der Waals surface area contributed by atoms with Gasteiger partial charge in [-0.2, -0.15) is 10.1 Å². The van der Waals surface area contributed by atoms with Crippen LogP contribution in [0, 0.1) is 0 Å². The third kappa shape index (κ3) is 2.68. The summed E-state index contributed by atoms with van der Waals surface area (Å²) in [5.41, 5.74) is 3.65. The van der Waals surface area contributed by atoms with Crippen molar-refractivity contribution in [2.75, 3.05) is 0 Å². The minimum atomic E-state index is 0.380. The predicted molar refractivity (Wildman–Crippen MR) is 90.2 cm³/mol. The van der Waals surface area contributed by atoms with Crippen LogP contribution in [0.4, 0.5) is 0 Å². The number of nitrogens with zero attached hydrogens (tertiary/aromatic N) is 5. The summed E-state index contributed by atoms with van der Waals surface area (Å²) in [4.78, 5) is 8.40. The van der Waals surface area contributed by atoms with Crippen LogP contribution in [0.5, 0.6) is 0 Å². The van der Waals surface area contributed by atoms with Crippen molar-refractivity contribution in [2.24, 2.45) is 7.05 Å². The summed E-state index contributed by atoms with van der Waals surface area (Å²) in [5, 5.41) is 8.64. The molecule has 3 heterocycles. The maximum absolute atomic E-state index is 5.90. The standard InChI is InChI=1S/C17H12ClN5O/c1-23-14(6-8-20-23)11-3-2-4-12(9-11)16-21-17(24-22-16)13-5-7-19-15(18)10-13/h2-10H,1H3. The Labute approximate surface area is 142 Å². The fourth-order valence-corrected chi connectivity index (χ4v) is 2.64. The highest BCUT2D eigenvalue weighted by Crippen LogP contribution is 2.26. The van der Waals surface area contributed by atoms with Gasteiger partial charge in [-0.25, -0.2) is 4.98 Å². The lowest BCUT2D eigenvalue weighted by atomic mass is 10.1. The quantitative estimate of drug-likeness (QED) is 0.531. The van der Waals surface area contributed by atoms with E-state index in [-0.39, 0.29) is 0 Å². The minimum absolute atomic E-state index is 0.380. The third-order valence-electron chi connectivity index (χ3n) is 3.64. The highest BCUT2D eigenvalue weighted by Gasteiger charge is 2.12. The van der Waals surface area contributed by atoms with Crippen molar-refractivity contribution in [1.82, 2.24) is 24.9 Å². The lowest BCUT2D eigenvalue weighted by Gasteiger charge is -2.03. The van der Waals surface area contributed by atoms with Crippen molar-refractivity contribution in [3.05, 3.63) is 60.0 Å². The molecule has 118 valence electrons. The number of rotatable bonds is 3. The van der Waals surface area contributed by atoms with Crippen LogP contribution in [0.2, 0.25) is 5.15 Å². The van der Waals surface area contributed by atoms with Gasteiger partial charge in [0.15, 0.2) is 0 Å². The Kier molecular flexibility index (Phi) is 3.59. The first-order valence-electron chi connectivity index (χ1n) is 7.25. The van der Waals surface area contributed by atoms with Crippen molar-refractivity contribution >= 4 is 11.6 Å². The van der Waals surface area contributed by atoms with Crippen LogP contribution >= 0.6 is 11.6 Å². The Morgan fingerprint density at radius 2 is 1.88 bits per heavy atom. The Balaban J connectivity index is 1.72. The number of aromatic nitrogens is 5. The molecule has 0 unspecified atom stereocenters. The zero-order valence-corrected chi connectivity index (χ0v) is 13.5. The van der Waals surface area contributed by atoms with Crippen LogP contribution in [-0.2, 0) is 7.05 Å². The van der Waals surface area contributed by atoms with Gasteiger partial charge in [-0.15, -0.1) is 0 Å². The van der Waals surface area contributed by atoms with Gasteiger partial charge in [-0.05, 0) is 24.3 Å². The van der Waals surface area contributed by atoms with Gasteiger partial charge in [0.25, 0.3) is 5.89 Å². The van der Waals surface area contributed by atoms with Gasteiger partial charge in [0.05, 0.1) is 5.69 Å². The van der Waals surface area contributed by atoms with E-state index in [1.54, 1.807) is 24.5 Å². The van der Waals surface area contributed by atoms with Gasteiger partial charge < -0.3 is 4.52 Å². The number of aryl methyl sites for hydroxylation is 1. The summed E-state index contributed by atoms with van der Waals surface area (Å²) in [6.07, 6.45) is 3.37. The molecule has 7 heteroatoms. The fraction of sp³-hybridized carbons (Fsp3) is 0.0588. The monoisotopic (exact) mass is 337 g/mol. The van der Waals surface area contributed by atoms with E-state index in [0.717, 1.165) is 22.4 Å². The molecule has 0 atom stereocenters. The van der Waals surface area contributed by atoms with E-state index in [9.17, 15) is 0 Å². The molecule has 4 rings (SSSR count). The Morgan fingerprint density at radius 1 is 1.00 bits per heavy atom. The molecular formula is C17H12ClN5O. The van der Waals surface area contributed by atoms with Gasteiger partial charge in [0, 0.05) is 36.1 Å². The highest BCUT2D eigenvalue weighted by atomic mass is 35.5. The summed E-state index contributed by atoms with van der Waals surface area (Å²) >= 11 is 5.90. The fourth-order valence-electron chi connectivity index (χ4n) is 2.47. The van der Waals surface area contributed by atoms with Gasteiger partial charge in [0.2, 0.25) is 5.82 Å². The van der Waals surface area contributed by atoms with Gasteiger partial charge in [-0.1, -0.05) is 35.0 Å². The van der Waals surface area contributed by atoms with Crippen LogP contribution < -0.4 is 0 Å². The minimum Gasteiger partial charge on any atom is -0.334 e. The summed E-state index contributed by atoms with van der Waals surface area (Å²) in [5.74, 6) is 0.919. The summed E-state index contributed by atoms with van der Waals surface area (Å²) in [7, 11) is 1.90. The molecule has 0 aliphatic carbocycles. The summed E-state index contributed by atoms with van der Waals surface area (Å²) in [6.45, 7) is 0. The molecule has 6 nitrogen and oxygen atoms in total. The average Bonchev–Trinajstić information content (AvgIpc) is 3.24. The second-order valence-electron chi connectivity index (χ2n) is 5.21. The van der Waals surface area contributed by atoms with Crippen molar-refractivity contribution in [1.29, 1.82) is 0 Å². The number of benzene rings is 1. The predicted octanol–water partition coefficient (Wildman–Crippen LogP) is 3.85. The molecule has 0 saturated heterocycles. The van der Waals surface area contributed by atoms with E-state index < -0.39 is 0 Å². The molecule has 0 radical (unpaired) electrons. The van der Waals surface area contributed by atoms with Crippen molar-refractivity contribution in [3.8, 4) is 34.1 Å². The first kappa shape index (κ1) is 14.6. The molecule has 3 aromatic heterocycles. The maximum atomic E-state index is 5.90. The molecule has 0 spiro atoms. The van der Waals surface area contributed by atoms with E-state index in [1.807, 2.05) is 42.1 Å². The van der Waals surface area contributed by atoms with Crippen LogP contribution in [0.3, 0.4) is 0 Å². The van der Waals surface area contributed by atoms with E-state index in [4.69, 9.17) is 16.1 Å². The van der Waals surface area contributed by atoms with E-state index in [1.165, 1.54) is 0 Å². The Morgan fingerprint density at radius 3 is 2.67 bits per heavy atom. The van der Waals surface area contributed by atoms with Crippen LogP contribution in [0.25, 0.3) is 34.1 Å². The Bertz CT molecular complexity index is 1010. The molecule has 0 aliphatic rings. The number of pyridine rings is 1. The summed E-state index contributed by atoms with van der Waals surface area (Å²) in [6, 6.07) is 13.3. The van der Waals surface area contributed by atoms with Gasteiger partial charge in [0.1, 0.15) is 5.15 Å². The topological polar surface area (TPSA) is 69.6 Å². The molecule has 0 bridgehead atoms. The first-order chi connectivity index (χ1) is 11.7. The number of hydrogen-bond donors (Lipinski definition) is 0.